The van der Waals surface area contributed by atoms with E-state index in [4.69, 9.17) is 14.2 Å². The molecule has 1 saturated carbocycles. The molecule has 1 amide bonds. The molecule has 0 radical (unpaired) electrons. The average molecular weight is 608 g/mol. The summed E-state index contributed by atoms with van der Waals surface area (Å²) in [5, 5.41) is 7.79. The van der Waals surface area contributed by atoms with E-state index >= 15 is 0 Å². The van der Waals surface area contributed by atoms with Crippen LogP contribution in [0.3, 0.4) is 0 Å². The molecule has 1 aliphatic carbocycles. The minimum Gasteiger partial charge on any atom is -0.368 e. The number of imidazole rings is 1. The van der Waals surface area contributed by atoms with Crippen molar-refractivity contribution in [3.05, 3.63) is 84.1 Å². The third kappa shape index (κ3) is 5.24. The minimum absolute atomic E-state index is 0.169. The number of rotatable bonds is 9. The van der Waals surface area contributed by atoms with Gasteiger partial charge in [0, 0.05) is 36.2 Å². The van der Waals surface area contributed by atoms with E-state index in [9.17, 15) is 4.79 Å². The van der Waals surface area contributed by atoms with Gasteiger partial charge in [-0.05, 0) is 62.8 Å². The van der Waals surface area contributed by atoms with Crippen LogP contribution in [0.5, 0.6) is 0 Å². The molecule has 3 aliphatic rings. The zero-order valence-electron chi connectivity index (χ0n) is 25.6. The van der Waals surface area contributed by atoms with Crippen LogP contribution >= 0.6 is 0 Å². The Bertz CT molecular complexity index is 1890. The molecule has 4 atom stereocenters. The topological polar surface area (TPSA) is 117 Å². The molecule has 0 spiro atoms. The fraction of sp³-hybridized carbons (Fsp3) is 0.412. The van der Waals surface area contributed by atoms with E-state index in [0.717, 1.165) is 25.8 Å². The van der Waals surface area contributed by atoms with E-state index < -0.39 is 30.3 Å². The molecule has 2 aromatic carbocycles. The Morgan fingerprint density at radius 3 is 2.64 bits per heavy atom. The van der Waals surface area contributed by atoms with E-state index in [1.54, 1.807) is 6.33 Å². The predicted molar refractivity (Wildman–Crippen MR) is 169 cm³/mol. The number of hydrogen-bond acceptors (Lipinski definition) is 8. The number of carbonyl (C=O) groups is 1. The summed E-state index contributed by atoms with van der Waals surface area (Å²) in [6.45, 7) is 7.36. The Hall–Kier alpha value is -4.32. The number of nitrogens with one attached hydrogen (secondary N) is 2. The quantitative estimate of drug-likeness (QED) is 0.252. The molecule has 2 aliphatic heterocycles. The normalized spacial score (nSPS) is 23.9. The van der Waals surface area contributed by atoms with Gasteiger partial charge in [-0.15, -0.1) is 0 Å². The Morgan fingerprint density at radius 2 is 1.80 bits per heavy atom. The molecule has 2 N–H and O–H groups in total. The summed E-state index contributed by atoms with van der Waals surface area (Å²) in [6.07, 6.45) is 5.83. The maximum absolute atomic E-state index is 13.1. The van der Waals surface area contributed by atoms with Gasteiger partial charge in [0.2, 0.25) is 0 Å². The molecule has 232 valence electrons. The van der Waals surface area contributed by atoms with Crippen LogP contribution in [0, 0.1) is 6.92 Å². The molecule has 0 bridgehead atoms. The van der Waals surface area contributed by atoms with Gasteiger partial charge in [0.1, 0.15) is 18.5 Å². The van der Waals surface area contributed by atoms with Crippen LogP contribution in [0.4, 0.5) is 5.82 Å². The summed E-state index contributed by atoms with van der Waals surface area (Å²) in [7, 11) is 0. The number of para-hydroxylation sites is 1. The summed E-state index contributed by atoms with van der Waals surface area (Å²) >= 11 is 0. The molecule has 3 fully saturated rings. The van der Waals surface area contributed by atoms with Gasteiger partial charge in [0.05, 0.1) is 6.33 Å². The number of aryl methyl sites for hydroxylation is 1. The molecule has 3 aromatic heterocycles. The van der Waals surface area contributed by atoms with Crippen molar-refractivity contribution < 1.29 is 19.0 Å². The lowest BCUT2D eigenvalue weighted by Gasteiger charge is -2.24. The Balaban J connectivity index is 1.01. The van der Waals surface area contributed by atoms with Crippen molar-refractivity contribution >= 4 is 33.8 Å². The molecule has 11 nitrogen and oxygen atoms in total. The van der Waals surface area contributed by atoms with Crippen LogP contribution in [0.1, 0.15) is 49.6 Å². The number of nitrogens with zero attached hydrogens (tertiary/aromatic N) is 5. The monoisotopic (exact) mass is 607 g/mol. The van der Waals surface area contributed by atoms with Gasteiger partial charge in [-0.2, -0.15) is 0 Å². The van der Waals surface area contributed by atoms with Crippen molar-refractivity contribution in [1.29, 1.82) is 0 Å². The van der Waals surface area contributed by atoms with E-state index in [1.807, 2.05) is 18.4 Å². The number of benzene rings is 2. The van der Waals surface area contributed by atoms with Gasteiger partial charge in [-0.3, -0.25) is 9.36 Å². The van der Waals surface area contributed by atoms with Crippen LogP contribution in [0.15, 0.2) is 67.4 Å². The fourth-order valence-corrected chi connectivity index (χ4v) is 6.63. The van der Waals surface area contributed by atoms with Crippen LogP contribution in [-0.2, 0) is 32.0 Å². The second-order valence-electron chi connectivity index (χ2n) is 12.7. The number of fused-ring (bicyclic) bond motifs is 3. The lowest BCUT2D eigenvalue weighted by molar-refractivity contribution is -0.197. The molecule has 8 rings (SSSR count). The molecule has 0 unspecified atom stereocenters. The van der Waals surface area contributed by atoms with Crippen molar-refractivity contribution in [3.63, 3.8) is 0 Å². The van der Waals surface area contributed by atoms with E-state index in [-0.39, 0.29) is 11.9 Å². The van der Waals surface area contributed by atoms with Crippen molar-refractivity contribution in [3.8, 4) is 0 Å². The standard InChI is InChI=1S/C34H37N7O4/c1-20-8-4-5-9-21(20)16-40-17-22(24-10-6-7-11-25(24)40)14-15-35-30-26-31(37-18-36-30)41(19-38-26)33-29-27(44-34(2,3)45-29)28(43-33)32(42)39-23-12-13-23/h4-11,17-19,23,27-29,33H,12-16H2,1-3H3,(H,39,42)(H,35,36,37)/t27-,28+,29-,33-/m1/s1. The van der Waals surface area contributed by atoms with Gasteiger partial charge in [0.25, 0.3) is 5.91 Å². The van der Waals surface area contributed by atoms with E-state index in [0.29, 0.717) is 23.5 Å². The van der Waals surface area contributed by atoms with Gasteiger partial charge >= 0.3 is 0 Å². The van der Waals surface area contributed by atoms with E-state index in [2.05, 4.69) is 91.8 Å². The van der Waals surface area contributed by atoms with Crippen molar-refractivity contribution in [2.75, 3.05) is 11.9 Å². The summed E-state index contributed by atoms with van der Waals surface area (Å²) in [5.74, 6) is -0.363. The molecule has 2 saturated heterocycles. The summed E-state index contributed by atoms with van der Waals surface area (Å²) in [4.78, 5) is 26.8. The second kappa shape index (κ2) is 10.9. The number of amides is 1. The lowest BCUT2D eigenvalue weighted by Crippen LogP contribution is -2.43. The van der Waals surface area contributed by atoms with Crippen molar-refractivity contribution in [1.82, 2.24) is 29.4 Å². The Kier molecular flexibility index (Phi) is 6.85. The first kappa shape index (κ1) is 28.2. The van der Waals surface area contributed by atoms with Crippen LogP contribution < -0.4 is 10.6 Å². The lowest BCUT2D eigenvalue weighted by atomic mass is 10.1. The summed E-state index contributed by atoms with van der Waals surface area (Å²) < 4.78 is 22.9. The van der Waals surface area contributed by atoms with Gasteiger partial charge in [-0.1, -0.05) is 42.5 Å². The maximum Gasteiger partial charge on any atom is 0.252 e. The predicted octanol–water partition coefficient (Wildman–Crippen LogP) is 4.49. The Labute approximate surface area is 260 Å². The number of anilines is 1. The minimum atomic E-state index is -0.837. The van der Waals surface area contributed by atoms with Crippen LogP contribution in [0.25, 0.3) is 22.1 Å². The molecule has 5 heterocycles. The third-order valence-corrected chi connectivity index (χ3v) is 9.00. The summed E-state index contributed by atoms with van der Waals surface area (Å²) in [6, 6.07) is 17.3. The zero-order valence-corrected chi connectivity index (χ0v) is 25.6. The number of hydrogen-bond donors (Lipinski definition) is 2. The molecular weight excluding hydrogens is 570 g/mol. The van der Waals surface area contributed by atoms with Gasteiger partial charge in [0.15, 0.2) is 35.1 Å². The number of aromatic nitrogens is 5. The highest BCUT2D eigenvalue weighted by molar-refractivity contribution is 5.85. The zero-order chi connectivity index (χ0) is 30.7. The smallest absolute Gasteiger partial charge is 0.252 e. The molecular formula is C34H37N7O4. The largest absolute Gasteiger partial charge is 0.368 e. The summed E-state index contributed by atoms with van der Waals surface area (Å²) in [5.41, 5.74) is 6.32. The fourth-order valence-electron chi connectivity index (χ4n) is 6.63. The highest BCUT2D eigenvalue weighted by atomic mass is 16.8. The average Bonchev–Trinajstić information content (AvgIpc) is 3.32. The number of ether oxygens (including phenoxy) is 3. The van der Waals surface area contributed by atoms with Crippen molar-refractivity contribution in [2.45, 2.75) is 82.9 Å². The van der Waals surface area contributed by atoms with Crippen LogP contribution in [0.2, 0.25) is 0 Å². The van der Waals surface area contributed by atoms with Gasteiger partial charge < -0.3 is 29.4 Å². The Morgan fingerprint density at radius 1 is 1.00 bits per heavy atom. The number of carbonyl (C=O) groups excluding carboxylic acids is 1. The first-order chi connectivity index (χ1) is 21.8. The second-order valence-corrected chi connectivity index (χ2v) is 12.7. The van der Waals surface area contributed by atoms with Crippen LogP contribution in [-0.4, -0.2) is 66.7 Å². The molecule has 45 heavy (non-hydrogen) atoms. The molecule has 11 heteroatoms. The highest BCUT2D eigenvalue weighted by Gasteiger charge is 2.58. The van der Waals surface area contributed by atoms with Crippen molar-refractivity contribution in [2.24, 2.45) is 0 Å². The third-order valence-electron chi connectivity index (χ3n) is 9.00. The van der Waals surface area contributed by atoms with Gasteiger partial charge in [-0.25, -0.2) is 15.0 Å². The highest BCUT2D eigenvalue weighted by Crippen LogP contribution is 2.44. The first-order valence-corrected chi connectivity index (χ1v) is 15.7. The molecule has 5 aromatic rings. The van der Waals surface area contributed by atoms with E-state index in [1.165, 1.54) is 33.9 Å². The first-order valence-electron chi connectivity index (χ1n) is 15.7. The SMILES string of the molecule is Cc1ccccc1Cn1cc(CCNc2ncnc3c2ncn3[C@@H]2O[C@H](C(=O)NC3CC3)[C@H]3OC(C)(C)O[C@H]32)c2ccccc21. The maximum atomic E-state index is 13.1.